The van der Waals surface area contributed by atoms with Crippen molar-refractivity contribution in [3.8, 4) is 22.4 Å². The molecule has 0 radical (unpaired) electrons. The second-order valence-corrected chi connectivity index (χ2v) is 5.08. The van der Waals surface area contributed by atoms with Gasteiger partial charge in [-0.25, -0.2) is 4.39 Å². The number of hydrogen-bond donors (Lipinski definition) is 1. The van der Waals surface area contributed by atoms with Crippen LogP contribution in [-0.2, 0) is 7.05 Å². The average Bonchev–Trinajstić information content (AvgIpc) is 2.77. The first kappa shape index (κ1) is 13.4. The van der Waals surface area contributed by atoms with Gasteiger partial charge in [-0.3, -0.25) is 4.68 Å². The van der Waals surface area contributed by atoms with Crippen LogP contribution in [0.4, 0.5) is 10.2 Å². The van der Waals surface area contributed by atoms with E-state index >= 15 is 0 Å². The topological polar surface area (TPSA) is 43.8 Å². The van der Waals surface area contributed by atoms with Gasteiger partial charge in [-0.2, -0.15) is 5.10 Å². The predicted molar refractivity (Wildman–Crippen MR) is 83.2 cm³/mol. The number of hydrogen-bond acceptors (Lipinski definition) is 2. The molecule has 21 heavy (non-hydrogen) atoms. The van der Waals surface area contributed by atoms with Crippen LogP contribution in [-0.4, -0.2) is 9.78 Å². The van der Waals surface area contributed by atoms with Crippen LogP contribution in [0.15, 0.2) is 48.5 Å². The van der Waals surface area contributed by atoms with E-state index < -0.39 is 0 Å². The Bertz CT molecular complexity index is 788. The highest BCUT2D eigenvalue weighted by Crippen LogP contribution is 2.37. The SMILES string of the molecule is Cc1ccc(-c2nn(C)c(N)c2-c2ccccc2F)cc1. The second kappa shape index (κ2) is 5.05. The standard InChI is InChI=1S/C17H16FN3/c1-11-7-9-12(10-8-11)16-15(17(19)21(2)20-16)13-5-3-4-6-14(13)18/h3-10H,19H2,1-2H3. The van der Waals surface area contributed by atoms with Crippen molar-refractivity contribution >= 4 is 5.82 Å². The molecule has 106 valence electrons. The molecule has 0 bridgehead atoms. The predicted octanol–water partition coefficient (Wildman–Crippen LogP) is 3.78. The summed E-state index contributed by atoms with van der Waals surface area (Å²) in [5.74, 6) is 0.154. The molecule has 0 aliphatic rings. The second-order valence-electron chi connectivity index (χ2n) is 5.08. The van der Waals surface area contributed by atoms with Crippen LogP contribution in [0.2, 0.25) is 0 Å². The van der Waals surface area contributed by atoms with Crippen molar-refractivity contribution in [2.24, 2.45) is 7.05 Å². The molecule has 0 atom stereocenters. The van der Waals surface area contributed by atoms with E-state index in [1.165, 1.54) is 6.07 Å². The number of anilines is 1. The summed E-state index contributed by atoms with van der Waals surface area (Å²) in [6, 6.07) is 14.6. The highest BCUT2D eigenvalue weighted by molar-refractivity contribution is 5.88. The minimum atomic E-state index is -0.300. The number of benzene rings is 2. The van der Waals surface area contributed by atoms with E-state index in [2.05, 4.69) is 5.10 Å². The summed E-state index contributed by atoms with van der Waals surface area (Å²) in [6.07, 6.45) is 0. The van der Waals surface area contributed by atoms with Crippen molar-refractivity contribution in [2.45, 2.75) is 6.92 Å². The van der Waals surface area contributed by atoms with Gasteiger partial charge < -0.3 is 5.73 Å². The summed E-state index contributed by atoms with van der Waals surface area (Å²) in [7, 11) is 1.76. The van der Waals surface area contributed by atoms with Gasteiger partial charge in [-0.1, -0.05) is 48.0 Å². The molecule has 2 N–H and O–H groups in total. The number of aromatic nitrogens is 2. The summed E-state index contributed by atoms with van der Waals surface area (Å²) < 4.78 is 15.7. The Balaban J connectivity index is 2.26. The third-order valence-corrected chi connectivity index (χ3v) is 3.56. The Morgan fingerprint density at radius 3 is 2.38 bits per heavy atom. The quantitative estimate of drug-likeness (QED) is 0.776. The molecule has 3 rings (SSSR count). The summed E-state index contributed by atoms with van der Waals surface area (Å²) in [5, 5.41) is 4.45. The molecule has 0 amide bonds. The number of nitrogens with two attached hydrogens (primary N) is 1. The van der Waals surface area contributed by atoms with Crippen LogP contribution in [0.3, 0.4) is 0 Å². The fourth-order valence-electron chi connectivity index (χ4n) is 2.38. The summed E-state index contributed by atoms with van der Waals surface area (Å²) in [6.45, 7) is 2.02. The molecule has 0 unspecified atom stereocenters. The van der Waals surface area contributed by atoms with Crippen LogP contribution in [0.1, 0.15) is 5.56 Å². The van der Waals surface area contributed by atoms with Gasteiger partial charge in [0.15, 0.2) is 0 Å². The van der Waals surface area contributed by atoms with Crippen molar-refractivity contribution in [3.63, 3.8) is 0 Å². The first-order valence-corrected chi connectivity index (χ1v) is 6.72. The highest BCUT2D eigenvalue weighted by atomic mass is 19.1. The van der Waals surface area contributed by atoms with Crippen molar-refractivity contribution in [2.75, 3.05) is 5.73 Å². The van der Waals surface area contributed by atoms with E-state index in [-0.39, 0.29) is 5.82 Å². The molecule has 0 aliphatic carbocycles. The Kier molecular flexibility index (Phi) is 3.22. The van der Waals surface area contributed by atoms with Gasteiger partial charge in [0.1, 0.15) is 17.3 Å². The smallest absolute Gasteiger partial charge is 0.131 e. The molecule has 3 nitrogen and oxygen atoms in total. The van der Waals surface area contributed by atoms with Gasteiger partial charge in [0, 0.05) is 18.2 Å². The minimum Gasteiger partial charge on any atom is -0.383 e. The third kappa shape index (κ3) is 2.29. The zero-order valence-electron chi connectivity index (χ0n) is 12.0. The van der Waals surface area contributed by atoms with E-state index in [0.717, 1.165) is 11.1 Å². The maximum absolute atomic E-state index is 14.1. The normalized spacial score (nSPS) is 10.8. The Labute approximate surface area is 122 Å². The van der Waals surface area contributed by atoms with E-state index in [4.69, 9.17) is 5.73 Å². The molecule has 0 fully saturated rings. The molecule has 0 saturated heterocycles. The monoisotopic (exact) mass is 281 g/mol. The molecule has 0 saturated carbocycles. The Morgan fingerprint density at radius 2 is 1.71 bits per heavy atom. The summed E-state index contributed by atoms with van der Waals surface area (Å²) in [4.78, 5) is 0. The van der Waals surface area contributed by atoms with Gasteiger partial charge in [0.25, 0.3) is 0 Å². The molecule has 2 aromatic carbocycles. The van der Waals surface area contributed by atoms with Crippen LogP contribution >= 0.6 is 0 Å². The zero-order valence-corrected chi connectivity index (χ0v) is 12.0. The largest absolute Gasteiger partial charge is 0.383 e. The van der Waals surface area contributed by atoms with Crippen LogP contribution in [0, 0.1) is 12.7 Å². The lowest BCUT2D eigenvalue weighted by Gasteiger charge is -2.06. The Hall–Kier alpha value is -2.62. The third-order valence-electron chi connectivity index (χ3n) is 3.56. The minimum absolute atomic E-state index is 0.300. The van der Waals surface area contributed by atoms with Crippen LogP contribution in [0.25, 0.3) is 22.4 Å². The molecular weight excluding hydrogens is 265 g/mol. The molecule has 1 aromatic heterocycles. The lowest BCUT2D eigenvalue weighted by Crippen LogP contribution is -1.98. The number of aryl methyl sites for hydroxylation is 2. The van der Waals surface area contributed by atoms with Crippen molar-refractivity contribution < 1.29 is 4.39 Å². The van der Waals surface area contributed by atoms with Crippen LogP contribution in [0.5, 0.6) is 0 Å². The molecular formula is C17H16FN3. The number of nitrogens with zero attached hydrogens (tertiary/aromatic N) is 2. The lowest BCUT2D eigenvalue weighted by atomic mass is 10.00. The van der Waals surface area contributed by atoms with Gasteiger partial charge >= 0.3 is 0 Å². The van der Waals surface area contributed by atoms with Gasteiger partial charge in [-0.15, -0.1) is 0 Å². The van der Waals surface area contributed by atoms with Crippen molar-refractivity contribution in [1.29, 1.82) is 0 Å². The van der Waals surface area contributed by atoms with Gasteiger partial charge in [0.05, 0.1) is 5.56 Å². The maximum atomic E-state index is 14.1. The molecule has 0 spiro atoms. The average molecular weight is 281 g/mol. The van der Waals surface area contributed by atoms with E-state index in [1.807, 2.05) is 31.2 Å². The molecule has 0 aliphatic heterocycles. The first-order chi connectivity index (χ1) is 10.1. The maximum Gasteiger partial charge on any atom is 0.131 e. The van der Waals surface area contributed by atoms with Crippen molar-refractivity contribution in [1.82, 2.24) is 9.78 Å². The highest BCUT2D eigenvalue weighted by Gasteiger charge is 2.19. The summed E-state index contributed by atoms with van der Waals surface area (Å²) >= 11 is 0. The summed E-state index contributed by atoms with van der Waals surface area (Å²) in [5.41, 5.74) is 9.99. The first-order valence-electron chi connectivity index (χ1n) is 6.72. The van der Waals surface area contributed by atoms with Gasteiger partial charge in [-0.05, 0) is 13.0 Å². The van der Waals surface area contributed by atoms with E-state index in [0.29, 0.717) is 22.6 Å². The zero-order chi connectivity index (χ0) is 15.0. The number of nitrogen functional groups attached to an aromatic ring is 1. The fourth-order valence-corrected chi connectivity index (χ4v) is 2.38. The van der Waals surface area contributed by atoms with Crippen molar-refractivity contribution in [3.05, 3.63) is 59.9 Å². The lowest BCUT2D eigenvalue weighted by molar-refractivity contribution is 0.631. The van der Waals surface area contributed by atoms with Crippen LogP contribution < -0.4 is 5.73 Å². The fraction of sp³-hybridized carbons (Fsp3) is 0.118. The van der Waals surface area contributed by atoms with E-state index in [1.54, 1.807) is 29.9 Å². The number of halogens is 1. The molecule has 3 aromatic rings. The van der Waals surface area contributed by atoms with Gasteiger partial charge in [0.2, 0.25) is 0 Å². The molecule has 4 heteroatoms. The Morgan fingerprint density at radius 1 is 1.05 bits per heavy atom. The number of rotatable bonds is 2. The van der Waals surface area contributed by atoms with E-state index in [9.17, 15) is 4.39 Å². The molecule has 1 heterocycles.